The van der Waals surface area contributed by atoms with Gasteiger partial charge in [0, 0.05) is 31.9 Å². The van der Waals surface area contributed by atoms with Crippen LogP contribution in [0, 0.1) is 13.8 Å². The van der Waals surface area contributed by atoms with E-state index in [0.717, 1.165) is 32.4 Å². The Morgan fingerprint density at radius 2 is 1.62 bits per heavy atom. The summed E-state index contributed by atoms with van der Waals surface area (Å²) < 4.78 is 27.8. The Morgan fingerprint density at radius 3 is 2.38 bits per heavy atom. The molecule has 0 unspecified atom stereocenters. The van der Waals surface area contributed by atoms with Crippen LogP contribution < -0.4 is 4.90 Å². The highest BCUT2D eigenvalue weighted by molar-refractivity contribution is 7.89. The van der Waals surface area contributed by atoms with Crippen molar-refractivity contribution in [2.45, 2.75) is 38.0 Å². The first-order valence-electron chi connectivity index (χ1n) is 9.40. The zero-order valence-electron chi connectivity index (χ0n) is 15.5. The number of rotatable bonds is 3. The molecule has 2 aromatic rings. The maximum Gasteiger partial charge on any atom is 0.243 e. The van der Waals surface area contributed by atoms with E-state index in [2.05, 4.69) is 36.9 Å². The van der Waals surface area contributed by atoms with Gasteiger partial charge < -0.3 is 4.90 Å². The third-order valence-electron chi connectivity index (χ3n) is 5.86. The van der Waals surface area contributed by atoms with Crippen molar-refractivity contribution in [3.05, 3.63) is 58.7 Å². The Kier molecular flexibility index (Phi) is 4.53. The molecule has 0 radical (unpaired) electrons. The Bertz CT molecular complexity index is 929. The molecule has 2 aromatic carbocycles. The second-order valence-electron chi connectivity index (χ2n) is 7.39. The Labute approximate surface area is 156 Å². The van der Waals surface area contributed by atoms with Crippen LogP contribution in [0.1, 0.15) is 28.7 Å². The molecule has 4 nitrogen and oxygen atoms in total. The summed E-state index contributed by atoms with van der Waals surface area (Å²) in [5, 5.41) is 0. The standard InChI is InChI=1S/C21H26N2O2S/c1-16-5-3-8-21(17(16)2)22-11-13-23(14-12-22)26(24,25)20-10-9-18-6-4-7-19(18)15-20/h3,5,8-10,15H,4,6-7,11-14H2,1-2H3. The lowest BCUT2D eigenvalue weighted by Crippen LogP contribution is -2.48. The summed E-state index contributed by atoms with van der Waals surface area (Å²) in [6, 6.07) is 12.0. The molecule has 0 bridgehead atoms. The van der Waals surface area contributed by atoms with Crippen molar-refractivity contribution in [3.8, 4) is 0 Å². The number of nitrogens with zero attached hydrogens (tertiary/aromatic N) is 2. The van der Waals surface area contributed by atoms with E-state index >= 15 is 0 Å². The van der Waals surface area contributed by atoms with Gasteiger partial charge in [-0.3, -0.25) is 0 Å². The predicted molar refractivity (Wildman–Crippen MR) is 105 cm³/mol. The molecule has 5 heteroatoms. The van der Waals surface area contributed by atoms with E-state index in [4.69, 9.17) is 0 Å². The van der Waals surface area contributed by atoms with Crippen LogP contribution in [0.3, 0.4) is 0 Å². The number of piperazine rings is 1. The van der Waals surface area contributed by atoms with E-state index < -0.39 is 10.0 Å². The lowest BCUT2D eigenvalue weighted by molar-refractivity contribution is 0.384. The number of hydrogen-bond donors (Lipinski definition) is 0. The minimum atomic E-state index is -3.40. The summed E-state index contributed by atoms with van der Waals surface area (Å²) in [7, 11) is -3.40. The van der Waals surface area contributed by atoms with Gasteiger partial charge in [0.2, 0.25) is 10.0 Å². The first-order valence-corrected chi connectivity index (χ1v) is 10.8. The van der Waals surface area contributed by atoms with Crippen LogP contribution in [0.2, 0.25) is 0 Å². The number of fused-ring (bicyclic) bond motifs is 1. The molecular formula is C21H26N2O2S. The smallest absolute Gasteiger partial charge is 0.243 e. The SMILES string of the molecule is Cc1cccc(N2CCN(S(=O)(=O)c3ccc4c(c3)CCC4)CC2)c1C. The number of aryl methyl sites for hydroxylation is 3. The van der Waals surface area contributed by atoms with Crippen LogP contribution in [0.15, 0.2) is 41.3 Å². The molecule has 0 atom stereocenters. The number of hydrogen-bond acceptors (Lipinski definition) is 3. The Morgan fingerprint density at radius 1 is 0.885 bits per heavy atom. The Hall–Kier alpha value is -1.85. The molecule has 138 valence electrons. The summed E-state index contributed by atoms with van der Waals surface area (Å²) in [6.45, 7) is 6.79. The van der Waals surface area contributed by atoms with E-state index in [1.807, 2.05) is 12.1 Å². The topological polar surface area (TPSA) is 40.6 Å². The highest BCUT2D eigenvalue weighted by Gasteiger charge is 2.29. The Balaban J connectivity index is 1.51. The number of benzene rings is 2. The minimum Gasteiger partial charge on any atom is -0.369 e. The van der Waals surface area contributed by atoms with Crippen LogP contribution >= 0.6 is 0 Å². The van der Waals surface area contributed by atoms with E-state index in [0.29, 0.717) is 18.0 Å². The van der Waals surface area contributed by atoms with Gasteiger partial charge in [0.15, 0.2) is 0 Å². The van der Waals surface area contributed by atoms with E-state index in [1.54, 1.807) is 10.4 Å². The van der Waals surface area contributed by atoms with Gasteiger partial charge in [0.1, 0.15) is 0 Å². The molecule has 0 amide bonds. The number of anilines is 1. The lowest BCUT2D eigenvalue weighted by Gasteiger charge is -2.36. The molecule has 0 spiro atoms. The highest BCUT2D eigenvalue weighted by Crippen LogP contribution is 2.28. The molecule has 4 rings (SSSR count). The van der Waals surface area contributed by atoms with Gasteiger partial charge in [-0.05, 0) is 73.6 Å². The van der Waals surface area contributed by atoms with Crippen LogP contribution in [-0.2, 0) is 22.9 Å². The monoisotopic (exact) mass is 370 g/mol. The molecule has 26 heavy (non-hydrogen) atoms. The third-order valence-corrected chi connectivity index (χ3v) is 7.76. The van der Waals surface area contributed by atoms with Gasteiger partial charge in [0.05, 0.1) is 4.90 Å². The van der Waals surface area contributed by atoms with E-state index in [1.165, 1.54) is 27.9 Å². The molecule has 0 saturated carbocycles. The lowest BCUT2D eigenvalue weighted by atomic mass is 10.1. The maximum atomic E-state index is 13.1. The molecule has 1 fully saturated rings. The average molecular weight is 371 g/mol. The average Bonchev–Trinajstić information content (AvgIpc) is 3.12. The van der Waals surface area contributed by atoms with Gasteiger partial charge in [-0.15, -0.1) is 0 Å². The van der Waals surface area contributed by atoms with Gasteiger partial charge in [-0.25, -0.2) is 8.42 Å². The van der Waals surface area contributed by atoms with E-state index in [9.17, 15) is 8.42 Å². The second-order valence-corrected chi connectivity index (χ2v) is 9.33. The van der Waals surface area contributed by atoms with Crippen molar-refractivity contribution >= 4 is 15.7 Å². The predicted octanol–water partition coefficient (Wildman–Crippen LogP) is 3.30. The molecular weight excluding hydrogens is 344 g/mol. The summed E-state index contributed by atoms with van der Waals surface area (Å²) in [5.74, 6) is 0. The van der Waals surface area contributed by atoms with Crippen molar-refractivity contribution in [1.29, 1.82) is 0 Å². The molecule has 1 aliphatic carbocycles. The fourth-order valence-electron chi connectivity index (χ4n) is 4.11. The largest absolute Gasteiger partial charge is 0.369 e. The molecule has 2 aliphatic rings. The zero-order valence-corrected chi connectivity index (χ0v) is 16.3. The molecule has 1 heterocycles. The summed E-state index contributed by atoms with van der Waals surface area (Å²) in [6.07, 6.45) is 3.20. The molecule has 1 saturated heterocycles. The van der Waals surface area contributed by atoms with Crippen LogP contribution in [-0.4, -0.2) is 38.9 Å². The first kappa shape index (κ1) is 17.6. The minimum absolute atomic E-state index is 0.457. The zero-order chi connectivity index (χ0) is 18.3. The quantitative estimate of drug-likeness (QED) is 0.832. The summed E-state index contributed by atoms with van der Waals surface area (Å²) in [5.41, 5.74) is 6.29. The summed E-state index contributed by atoms with van der Waals surface area (Å²) in [4.78, 5) is 2.76. The third kappa shape index (κ3) is 3.03. The highest BCUT2D eigenvalue weighted by atomic mass is 32.2. The van der Waals surface area contributed by atoms with Crippen LogP contribution in [0.4, 0.5) is 5.69 Å². The van der Waals surface area contributed by atoms with Gasteiger partial charge in [-0.1, -0.05) is 18.2 Å². The van der Waals surface area contributed by atoms with Gasteiger partial charge in [-0.2, -0.15) is 4.31 Å². The van der Waals surface area contributed by atoms with Crippen molar-refractivity contribution < 1.29 is 8.42 Å². The molecule has 0 N–H and O–H groups in total. The fraction of sp³-hybridized carbons (Fsp3) is 0.429. The van der Waals surface area contributed by atoms with Crippen LogP contribution in [0.25, 0.3) is 0 Å². The second kappa shape index (κ2) is 6.71. The maximum absolute atomic E-state index is 13.1. The summed E-state index contributed by atoms with van der Waals surface area (Å²) >= 11 is 0. The van der Waals surface area contributed by atoms with E-state index in [-0.39, 0.29) is 0 Å². The van der Waals surface area contributed by atoms with Crippen molar-refractivity contribution in [3.63, 3.8) is 0 Å². The van der Waals surface area contributed by atoms with Gasteiger partial charge >= 0.3 is 0 Å². The first-order chi connectivity index (χ1) is 12.5. The number of sulfonamides is 1. The molecule has 0 aromatic heterocycles. The normalized spacial score (nSPS) is 18.2. The van der Waals surface area contributed by atoms with Gasteiger partial charge in [0.25, 0.3) is 0 Å². The fourth-order valence-corrected chi connectivity index (χ4v) is 5.58. The van der Waals surface area contributed by atoms with Crippen molar-refractivity contribution in [2.24, 2.45) is 0 Å². The van der Waals surface area contributed by atoms with Crippen molar-refractivity contribution in [1.82, 2.24) is 4.31 Å². The van der Waals surface area contributed by atoms with Crippen molar-refractivity contribution in [2.75, 3.05) is 31.1 Å². The van der Waals surface area contributed by atoms with Crippen LogP contribution in [0.5, 0.6) is 0 Å². The molecule has 1 aliphatic heterocycles.